The third kappa shape index (κ3) is 2.01. The van der Waals surface area contributed by atoms with E-state index in [1.54, 1.807) is 16.8 Å². The van der Waals surface area contributed by atoms with Crippen molar-refractivity contribution in [3.05, 3.63) is 30.0 Å². The normalized spacial score (nSPS) is 11.1. The SMILES string of the molecule is CC(C)n1nnc(-c2ccccc2O)c1CN. The van der Waals surface area contributed by atoms with E-state index in [4.69, 9.17) is 5.73 Å². The zero-order valence-electron chi connectivity index (χ0n) is 9.96. The van der Waals surface area contributed by atoms with Crippen LogP contribution in [-0.4, -0.2) is 20.1 Å². The van der Waals surface area contributed by atoms with Crippen molar-refractivity contribution in [3.63, 3.8) is 0 Å². The predicted molar refractivity (Wildman–Crippen MR) is 65.4 cm³/mol. The maximum absolute atomic E-state index is 9.81. The number of nitrogens with two attached hydrogens (primary N) is 1. The summed E-state index contributed by atoms with van der Waals surface area (Å²) < 4.78 is 1.78. The van der Waals surface area contributed by atoms with Gasteiger partial charge in [0.2, 0.25) is 0 Å². The third-order valence-electron chi connectivity index (χ3n) is 2.63. The molecule has 2 rings (SSSR count). The fourth-order valence-corrected chi connectivity index (χ4v) is 1.80. The number of rotatable bonds is 3. The van der Waals surface area contributed by atoms with Gasteiger partial charge in [0.1, 0.15) is 11.4 Å². The summed E-state index contributed by atoms with van der Waals surface area (Å²) in [6.07, 6.45) is 0. The lowest BCUT2D eigenvalue weighted by Crippen LogP contribution is -2.11. The molecule has 1 aromatic carbocycles. The van der Waals surface area contributed by atoms with Crippen LogP contribution in [0.25, 0.3) is 11.3 Å². The molecule has 0 saturated heterocycles. The van der Waals surface area contributed by atoms with E-state index in [1.165, 1.54) is 0 Å². The van der Waals surface area contributed by atoms with Crippen molar-refractivity contribution in [1.82, 2.24) is 15.0 Å². The van der Waals surface area contributed by atoms with Gasteiger partial charge in [-0.2, -0.15) is 0 Å². The Balaban J connectivity index is 2.57. The maximum atomic E-state index is 9.81. The second-order valence-electron chi connectivity index (χ2n) is 4.14. The van der Waals surface area contributed by atoms with E-state index in [0.717, 1.165) is 5.69 Å². The summed E-state index contributed by atoms with van der Waals surface area (Å²) in [5.41, 5.74) is 7.89. The van der Waals surface area contributed by atoms with Crippen LogP contribution in [0.2, 0.25) is 0 Å². The molecule has 0 saturated carbocycles. The number of aromatic nitrogens is 3. The van der Waals surface area contributed by atoms with E-state index in [0.29, 0.717) is 17.8 Å². The van der Waals surface area contributed by atoms with E-state index in [9.17, 15) is 5.11 Å². The van der Waals surface area contributed by atoms with Crippen LogP contribution < -0.4 is 5.73 Å². The fourth-order valence-electron chi connectivity index (χ4n) is 1.80. The quantitative estimate of drug-likeness (QED) is 0.844. The van der Waals surface area contributed by atoms with Crippen LogP contribution in [0.3, 0.4) is 0 Å². The highest BCUT2D eigenvalue weighted by atomic mass is 16.3. The minimum atomic E-state index is 0.193. The molecule has 0 fully saturated rings. The third-order valence-corrected chi connectivity index (χ3v) is 2.63. The Kier molecular flexibility index (Phi) is 3.10. The highest BCUT2D eigenvalue weighted by Gasteiger charge is 2.17. The molecule has 1 heterocycles. The van der Waals surface area contributed by atoms with Crippen molar-refractivity contribution in [2.24, 2.45) is 5.73 Å². The van der Waals surface area contributed by atoms with E-state index in [-0.39, 0.29) is 11.8 Å². The van der Waals surface area contributed by atoms with Crippen LogP contribution in [0.5, 0.6) is 5.75 Å². The lowest BCUT2D eigenvalue weighted by molar-refractivity contribution is 0.477. The second kappa shape index (κ2) is 4.55. The Hall–Kier alpha value is -1.88. The molecule has 90 valence electrons. The van der Waals surface area contributed by atoms with Crippen molar-refractivity contribution in [2.45, 2.75) is 26.4 Å². The molecule has 17 heavy (non-hydrogen) atoms. The summed E-state index contributed by atoms with van der Waals surface area (Å²) >= 11 is 0. The van der Waals surface area contributed by atoms with Gasteiger partial charge < -0.3 is 10.8 Å². The Labute approximate surface area is 99.9 Å². The summed E-state index contributed by atoms with van der Waals surface area (Å²) in [6, 6.07) is 7.26. The van der Waals surface area contributed by atoms with Gasteiger partial charge in [-0.05, 0) is 26.0 Å². The first-order chi connectivity index (χ1) is 8.15. The minimum Gasteiger partial charge on any atom is -0.507 e. The molecular formula is C12H16N4O. The maximum Gasteiger partial charge on any atom is 0.125 e. The molecule has 5 nitrogen and oxygen atoms in total. The number of phenolic OH excluding ortho intramolecular Hbond substituents is 1. The molecule has 0 aliphatic rings. The summed E-state index contributed by atoms with van der Waals surface area (Å²) in [4.78, 5) is 0. The van der Waals surface area contributed by atoms with Crippen molar-refractivity contribution >= 4 is 0 Å². The van der Waals surface area contributed by atoms with E-state index in [2.05, 4.69) is 10.3 Å². The Morgan fingerprint density at radius 2 is 2.06 bits per heavy atom. The van der Waals surface area contributed by atoms with Gasteiger partial charge in [-0.3, -0.25) is 0 Å². The van der Waals surface area contributed by atoms with Gasteiger partial charge in [-0.25, -0.2) is 4.68 Å². The van der Waals surface area contributed by atoms with Gasteiger partial charge in [0.05, 0.1) is 5.69 Å². The Bertz CT molecular complexity index is 519. The molecule has 1 aromatic heterocycles. The standard InChI is InChI=1S/C12H16N4O/c1-8(2)16-10(7-13)12(14-15-16)9-5-3-4-6-11(9)17/h3-6,8,17H,7,13H2,1-2H3. The molecule has 0 bridgehead atoms. The van der Waals surface area contributed by atoms with Crippen LogP contribution in [-0.2, 0) is 6.54 Å². The molecule has 0 unspecified atom stereocenters. The van der Waals surface area contributed by atoms with Crippen LogP contribution in [0.15, 0.2) is 24.3 Å². The minimum absolute atomic E-state index is 0.193. The Morgan fingerprint density at radius 1 is 1.35 bits per heavy atom. The number of para-hydroxylation sites is 1. The number of benzene rings is 1. The largest absolute Gasteiger partial charge is 0.507 e. The van der Waals surface area contributed by atoms with Gasteiger partial charge in [-0.1, -0.05) is 17.3 Å². The summed E-state index contributed by atoms with van der Waals surface area (Å²) in [5.74, 6) is 0.193. The highest BCUT2D eigenvalue weighted by molar-refractivity contribution is 5.68. The van der Waals surface area contributed by atoms with Gasteiger partial charge in [-0.15, -0.1) is 5.10 Å². The zero-order valence-corrected chi connectivity index (χ0v) is 9.96. The molecule has 2 aromatic rings. The first kappa shape index (κ1) is 11.6. The molecule has 0 spiro atoms. The van der Waals surface area contributed by atoms with Crippen LogP contribution >= 0.6 is 0 Å². The number of aromatic hydroxyl groups is 1. The van der Waals surface area contributed by atoms with Gasteiger partial charge in [0.25, 0.3) is 0 Å². The average molecular weight is 232 g/mol. The summed E-state index contributed by atoms with van der Waals surface area (Å²) in [7, 11) is 0. The smallest absolute Gasteiger partial charge is 0.125 e. The monoisotopic (exact) mass is 232 g/mol. The number of nitrogens with zero attached hydrogens (tertiary/aromatic N) is 3. The summed E-state index contributed by atoms with van der Waals surface area (Å²) in [6.45, 7) is 4.37. The van der Waals surface area contributed by atoms with Crippen molar-refractivity contribution < 1.29 is 5.11 Å². The van der Waals surface area contributed by atoms with Crippen molar-refractivity contribution in [2.75, 3.05) is 0 Å². The van der Waals surface area contributed by atoms with Crippen LogP contribution in [0.1, 0.15) is 25.6 Å². The van der Waals surface area contributed by atoms with E-state index in [1.807, 2.05) is 26.0 Å². The van der Waals surface area contributed by atoms with Crippen LogP contribution in [0, 0.1) is 0 Å². The van der Waals surface area contributed by atoms with Gasteiger partial charge >= 0.3 is 0 Å². The Morgan fingerprint density at radius 3 is 2.65 bits per heavy atom. The first-order valence-electron chi connectivity index (χ1n) is 5.57. The molecule has 0 radical (unpaired) electrons. The molecule has 0 aliphatic carbocycles. The number of hydrogen-bond donors (Lipinski definition) is 2. The molecule has 3 N–H and O–H groups in total. The lowest BCUT2D eigenvalue weighted by Gasteiger charge is -2.09. The van der Waals surface area contributed by atoms with Gasteiger partial charge in [0.15, 0.2) is 0 Å². The molecular weight excluding hydrogens is 216 g/mol. The highest BCUT2D eigenvalue weighted by Crippen LogP contribution is 2.30. The molecule has 0 aliphatic heterocycles. The summed E-state index contributed by atoms with van der Waals surface area (Å²) in [5, 5.41) is 18.0. The first-order valence-corrected chi connectivity index (χ1v) is 5.57. The average Bonchev–Trinajstić information content (AvgIpc) is 2.73. The topological polar surface area (TPSA) is 77.0 Å². The van der Waals surface area contributed by atoms with Gasteiger partial charge in [0, 0.05) is 18.2 Å². The van der Waals surface area contributed by atoms with E-state index < -0.39 is 0 Å². The number of phenols is 1. The molecule has 0 atom stereocenters. The number of hydrogen-bond acceptors (Lipinski definition) is 4. The predicted octanol–water partition coefficient (Wildman–Crippen LogP) is 1.69. The van der Waals surface area contributed by atoms with E-state index >= 15 is 0 Å². The lowest BCUT2D eigenvalue weighted by atomic mass is 10.1. The molecule has 0 amide bonds. The fraction of sp³-hybridized carbons (Fsp3) is 0.333. The molecule has 5 heteroatoms. The second-order valence-corrected chi connectivity index (χ2v) is 4.14. The van der Waals surface area contributed by atoms with Crippen LogP contribution in [0.4, 0.5) is 0 Å². The van der Waals surface area contributed by atoms with Crippen molar-refractivity contribution in [1.29, 1.82) is 0 Å². The van der Waals surface area contributed by atoms with Crippen molar-refractivity contribution in [3.8, 4) is 17.0 Å². The zero-order chi connectivity index (χ0) is 12.4.